The number of aryl methyl sites for hydroxylation is 2. The highest BCUT2D eigenvalue weighted by molar-refractivity contribution is 5.91. The Labute approximate surface area is 99.2 Å². The summed E-state index contributed by atoms with van der Waals surface area (Å²) in [7, 11) is 0. The van der Waals surface area contributed by atoms with Crippen LogP contribution in [0.2, 0.25) is 0 Å². The molecule has 2 N–H and O–H groups in total. The van der Waals surface area contributed by atoms with Crippen LogP contribution >= 0.6 is 0 Å². The van der Waals surface area contributed by atoms with E-state index in [1.54, 1.807) is 19.2 Å². The van der Waals surface area contributed by atoms with E-state index in [-0.39, 0.29) is 5.97 Å². The van der Waals surface area contributed by atoms with E-state index in [9.17, 15) is 4.79 Å². The van der Waals surface area contributed by atoms with Gasteiger partial charge in [-0.25, -0.2) is 9.78 Å². The Hall–Kier alpha value is -2.04. The first kappa shape index (κ1) is 11.4. The second-order valence-electron chi connectivity index (χ2n) is 3.88. The first-order valence-corrected chi connectivity index (χ1v) is 5.46. The standard InChI is InChI=1S/C12H15N3O2/c1-4-17-12(16)9-5-10(13)11-14-7(2)8(3)15(11)6-9/h5-6H,4,13H2,1-3H3. The van der Waals surface area contributed by atoms with Crippen LogP contribution < -0.4 is 5.73 Å². The number of aromatic nitrogens is 2. The average molecular weight is 233 g/mol. The fraction of sp³-hybridized carbons (Fsp3) is 0.333. The molecule has 17 heavy (non-hydrogen) atoms. The summed E-state index contributed by atoms with van der Waals surface area (Å²) in [4.78, 5) is 16.0. The van der Waals surface area contributed by atoms with Gasteiger partial charge in [0.25, 0.3) is 0 Å². The number of nitrogen functional groups attached to an aromatic ring is 1. The zero-order valence-electron chi connectivity index (χ0n) is 10.2. The van der Waals surface area contributed by atoms with Gasteiger partial charge in [0.1, 0.15) is 0 Å². The molecule has 2 aromatic rings. The van der Waals surface area contributed by atoms with Crippen molar-refractivity contribution in [1.29, 1.82) is 0 Å². The summed E-state index contributed by atoms with van der Waals surface area (Å²) >= 11 is 0. The van der Waals surface area contributed by atoms with Crippen molar-refractivity contribution >= 4 is 17.3 Å². The Morgan fingerprint density at radius 3 is 2.88 bits per heavy atom. The maximum atomic E-state index is 11.6. The molecule has 0 aliphatic rings. The number of pyridine rings is 1. The topological polar surface area (TPSA) is 69.6 Å². The number of rotatable bonds is 2. The van der Waals surface area contributed by atoms with E-state index in [0.717, 1.165) is 11.4 Å². The van der Waals surface area contributed by atoms with Crippen LogP contribution in [0, 0.1) is 13.8 Å². The number of imidazole rings is 1. The van der Waals surface area contributed by atoms with Crippen molar-refractivity contribution in [2.45, 2.75) is 20.8 Å². The third-order valence-corrected chi connectivity index (χ3v) is 2.74. The number of hydrogen-bond acceptors (Lipinski definition) is 4. The molecule has 0 radical (unpaired) electrons. The highest BCUT2D eigenvalue weighted by atomic mass is 16.5. The summed E-state index contributed by atoms with van der Waals surface area (Å²) in [5, 5.41) is 0. The van der Waals surface area contributed by atoms with E-state index in [1.807, 2.05) is 18.2 Å². The lowest BCUT2D eigenvalue weighted by Gasteiger charge is -2.05. The molecule has 0 bridgehead atoms. The molecule has 5 heteroatoms. The normalized spacial score (nSPS) is 10.8. The number of ether oxygens (including phenoxy) is 1. The van der Waals surface area contributed by atoms with E-state index < -0.39 is 0 Å². The van der Waals surface area contributed by atoms with E-state index in [4.69, 9.17) is 10.5 Å². The van der Waals surface area contributed by atoms with Gasteiger partial charge < -0.3 is 14.9 Å². The number of esters is 1. The van der Waals surface area contributed by atoms with Crippen LogP contribution in [0.25, 0.3) is 5.65 Å². The fourth-order valence-corrected chi connectivity index (χ4v) is 1.72. The maximum absolute atomic E-state index is 11.6. The van der Waals surface area contributed by atoms with Crippen LogP contribution in [0.15, 0.2) is 12.3 Å². The molecule has 0 spiro atoms. The first-order valence-electron chi connectivity index (χ1n) is 5.46. The molecule has 0 amide bonds. The highest BCUT2D eigenvalue weighted by Gasteiger charge is 2.13. The molecule has 0 saturated carbocycles. The van der Waals surface area contributed by atoms with Gasteiger partial charge in [0.05, 0.1) is 23.6 Å². The van der Waals surface area contributed by atoms with Crippen molar-refractivity contribution in [2.24, 2.45) is 0 Å². The molecular weight excluding hydrogens is 218 g/mol. The highest BCUT2D eigenvalue weighted by Crippen LogP contribution is 2.19. The summed E-state index contributed by atoms with van der Waals surface area (Å²) in [5.74, 6) is -0.369. The van der Waals surface area contributed by atoms with Crippen LogP contribution in [0.1, 0.15) is 28.7 Å². The molecule has 2 rings (SSSR count). The average Bonchev–Trinajstić information content (AvgIpc) is 2.57. The minimum atomic E-state index is -0.369. The lowest BCUT2D eigenvalue weighted by molar-refractivity contribution is 0.0526. The van der Waals surface area contributed by atoms with Gasteiger partial charge >= 0.3 is 5.97 Å². The van der Waals surface area contributed by atoms with E-state index in [2.05, 4.69) is 4.98 Å². The van der Waals surface area contributed by atoms with Crippen LogP contribution in [-0.2, 0) is 4.74 Å². The van der Waals surface area contributed by atoms with Crippen molar-refractivity contribution in [2.75, 3.05) is 12.3 Å². The van der Waals surface area contributed by atoms with Crippen molar-refractivity contribution in [3.05, 3.63) is 29.2 Å². The monoisotopic (exact) mass is 233 g/mol. The Morgan fingerprint density at radius 2 is 2.24 bits per heavy atom. The SMILES string of the molecule is CCOC(=O)c1cc(N)c2nc(C)c(C)n2c1. The van der Waals surface area contributed by atoms with Gasteiger partial charge in [-0.15, -0.1) is 0 Å². The third kappa shape index (κ3) is 1.84. The van der Waals surface area contributed by atoms with Gasteiger partial charge in [-0.2, -0.15) is 0 Å². The lowest BCUT2D eigenvalue weighted by atomic mass is 10.2. The molecule has 0 aliphatic carbocycles. The van der Waals surface area contributed by atoms with E-state index in [1.165, 1.54) is 0 Å². The zero-order chi connectivity index (χ0) is 12.6. The predicted molar refractivity (Wildman–Crippen MR) is 65.0 cm³/mol. The third-order valence-electron chi connectivity index (χ3n) is 2.74. The lowest BCUT2D eigenvalue weighted by Crippen LogP contribution is -2.07. The molecule has 2 aromatic heterocycles. The molecule has 90 valence electrons. The molecule has 0 atom stereocenters. The van der Waals surface area contributed by atoms with Crippen LogP contribution in [0.5, 0.6) is 0 Å². The van der Waals surface area contributed by atoms with Crippen molar-refractivity contribution in [3.8, 4) is 0 Å². The van der Waals surface area contributed by atoms with Gasteiger partial charge in [0, 0.05) is 11.9 Å². The van der Waals surface area contributed by atoms with Gasteiger partial charge in [-0.3, -0.25) is 0 Å². The van der Waals surface area contributed by atoms with Crippen molar-refractivity contribution in [1.82, 2.24) is 9.38 Å². The Balaban J connectivity index is 2.61. The van der Waals surface area contributed by atoms with Crippen LogP contribution in [0.3, 0.4) is 0 Å². The molecule has 0 aromatic carbocycles. The smallest absolute Gasteiger partial charge is 0.339 e. The van der Waals surface area contributed by atoms with Crippen LogP contribution in [-0.4, -0.2) is 22.0 Å². The van der Waals surface area contributed by atoms with Crippen LogP contribution in [0.4, 0.5) is 5.69 Å². The zero-order valence-corrected chi connectivity index (χ0v) is 10.2. The second-order valence-corrected chi connectivity index (χ2v) is 3.88. The Bertz CT molecular complexity index is 587. The van der Waals surface area contributed by atoms with Gasteiger partial charge in [-0.05, 0) is 26.8 Å². The number of hydrogen-bond donors (Lipinski definition) is 1. The number of nitrogens with two attached hydrogens (primary N) is 1. The first-order chi connectivity index (χ1) is 8.04. The Kier molecular flexibility index (Phi) is 2.75. The fourth-order valence-electron chi connectivity index (χ4n) is 1.72. The molecule has 0 saturated heterocycles. The summed E-state index contributed by atoms with van der Waals surface area (Å²) in [5.41, 5.74) is 9.35. The van der Waals surface area contributed by atoms with Gasteiger partial charge in [0.2, 0.25) is 0 Å². The minimum Gasteiger partial charge on any atom is -0.462 e. The summed E-state index contributed by atoms with van der Waals surface area (Å²) in [6, 6.07) is 1.60. The molecular formula is C12H15N3O2. The molecule has 0 aliphatic heterocycles. The molecule has 0 unspecified atom stereocenters. The Morgan fingerprint density at radius 1 is 1.53 bits per heavy atom. The molecule has 2 heterocycles. The number of carbonyl (C=O) groups excluding carboxylic acids is 1. The molecule has 5 nitrogen and oxygen atoms in total. The van der Waals surface area contributed by atoms with E-state index in [0.29, 0.717) is 23.5 Å². The summed E-state index contributed by atoms with van der Waals surface area (Å²) < 4.78 is 6.77. The summed E-state index contributed by atoms with van der Waals surface area (Å²) in [6.07, 6.45) is 1.71. The molecule has 0 fully saturated rings. The largest absolute Gasteiger partial charge is 0.462 e. The number of carbonyl (C=O) groups is 1. The minimum absolute atomic E-state index is 0.346. The van der Waals surface area contributed by atoms with E-state index >= 15 is 0 Å². The predicted octanol–water partition coefficient (Wildman–Crippen LogP) is 1.71. The summed E-state index contributed by atoms with van der Waals surface area (Å²) in [6.45, 7) is 5.96. The van der Waals surface area contributed by atoms with Crippen molar-refractivity contribution < 1.29 is 9.53 Å². The number of anilines is 1. The second kappa shape index (κ2) is 4.08. The number of fused-ring (bicyclic) bond motifs is 1. The maximum Gasteiger partial charge on any atom is 0.339 e. The van der Waals surface area contributed by atoms with Gasteiger partial charge in [0.15, 0.2) is 5.65 Å². The quantitative estimate of drug-likeness (QED) is 0.802. The van der Waals surface area contributed by atoms with Crippen molar-refractivity contribution in [3.63, 3.8) is 0 Å². The number of nitrogens with zero attached hydrogens (tertiary/aromatic N) is 2. The van der Waals surface area contributed by atoms with Gasteiger partial charge in [-0.1, -0.05) is 0 Å².